The highest BCUT2D eigenvalue weighted by Gasteiger charge is 2.31. The van der Waals surface area contributed by atoms with Crippen LogP contribution in [0.1, 0.15) is 44.5 Å². The van der Waals surface area contributed by atoms with Crippen molar-refractivity contribution in [2.75, 3.05) is 48.5 Å². The van der Waals surface area contributed by atoms with Gasteiger partial charge in [-0.2, -0.15) is 0 Å². The van der Waals surface area contributed by atoms with Crippen molar-refractivity contribution in [1.29, 1.82) is 0 Å². The lowest BCUT2D eigenvalue weighted by atomic mass is 10.1. The van der Waals surface area contributed by atoms with Crippen LogP contribution in [0.5, 0.6) is 0 Å². The number of piperazine rings is 1. The number of anilines is 2. The van der Waals surface area contributed by atoms with Gasteiger partial charge >= 0.3 is 5.97 Å². The highest BCUT2D eigenvalue weighted by Crippen LogP contribution is 2.36. The highest BCUT2D eigenvalue weighted by atomic mass is 32.2. The van der Waals surface area contributed by atoms with Gasteiger partial charge in [0, 0.05) is 49.2 Å². The van der Waals surface area contributed by atoms with Crippen LogP contribution in [-0.4, -0.2) is 64.5 Å². The van der Waals surface area contributed by atoms with E-state index in [2.05, 4.69) is 4.90 Å². The molecule has 0 unspecified atom stereocenters. The molecular weight excluding hydrogens is 627 g/mol. The Bertz CT molecular complexity index is 2050. The van der Waals surface area contributed by atoms with Gasteiger partial charge in [-0.15, -0.1) is 0 Å². The fraction of sp³-hybridized carbons (Fsp3) is 0.263. The van der Waals surface area contributed by atoms with E-state index in [0.717, 1.165) is 16.8 Å². The monoisotopic (exact) mass is 665 g/mol. The van der Waals surface area contributed by atoms with Gasteiger partial charge in [0.2, 0.25) is 5.76 Å². The summed E-state index contributed by atoms with van der Waals surface area (Å²) in [5.41, 5.74) is 4.98. The quantitative estimate of drug-likeness (QED) is 0.155. The number of hydrogen-bond donors (Lipinski definition) is 0. The molecule has 0 radical (unpaired) electrons. The number of amides is 1. The van der Waals surface area contributed by atoms with Crippen LogP contribution in [0, 0.1) is 13.8 Å². The zero-order valence-electron chi connectivity index (χ0n) is 27.4. The van der Waals surface area contributed by atoms with E-state index in [-0.39, 0.29) is 29.7 Å². The molecule has 5 aromatic rings. The first-order chi connectivity index (χ1) is 23.2. The maximum absolute atomic E-state index is 14.6. The van der Waals surface area contributed by atoms with E-state index in [1.54, 1.807) is 26.0 Å². The van der Waals surface area contributed by atoms with Crippen LogP contribution in [-0.2, 0) is 21.2 Å². The minimum absolute atomic E-state index is 0.00486. The van der Waals surface area contributed by atoms with Crippen molar-refractivity contribution in [3.63, 3.8) is 0 Å². The molecule has 1 aliphatic rings. The summed E-state index contributed by atoms with van der Waals surface area (Å²) in [7, 11) is -4.09. The van der Waals surface area contributed by atoms with Crippen LogP contribution in [0.25, 0.3) is 11.0 Å². The van der Waals surface area contributed by atoms with Gasteiger partial charge in [0.1, 0.15) is 5.58 Å². The third kappa shape index (κ3) is 6.66. The molecule has 1 saturated heterocycles. The van der Waals surface area contributed by atoms with Crippen LogP contribution in [0.4, 0.5) is 11.4 Å². The Morgan fingerprint density at radius 1 is 0.854 bits per heavy atom. The molecule has 10 heteroatoms. The molecule has 0 spiro atoms. The Labute approximate surface area is 281 Å². The van der Waals surface area contributed by atoms with Gasteiger partial charge in [0.25, 0.3) is 15.9 Å². The topological polar surface area (TPSA) is 100 Å². The number of furan rings is 1. The standard InChI is InChI=1S/C38H39N3O6S/c1-4-46-38(43)36-28(3)32-26-31(17-18-35(32)47-36)48(44,45)41(20-19-29-12-6-5-7-13-29)34-16-9-8-15-33(34)39-21-23-40(24-22-39)37(42)30-14-10-11-27(2)25-30/h5-18,25-26H,4,19-24H2,1-3H3. The van der Waals surface area contributed by atoms with Gasteiger partial charge < -0.3 is 19.0 Å². The number of para-hydroxylation sites is 2. The minimum atomic E-state index is -4.09. The molecule has 2 heterocycles. The summed E-state index contributed by atoms with van der Waals surface area (Å²) in [6.07, 6.45) is 0.493. The Kier molecular flexibility index (Phi) is 9.54. The molecule has 0 N–H and O–H groups in total. The van der Waals surface area contributed by atoms with Crippen molar-refractivity contribution in [1.82, 2.24) is 4.90 Å². The normalized spacial score (nSPS) is 13.5. The first-order valence-corrected chi connectivity index (χ1v) is 17.6. The van der Waals surface area contributed by atoms with Gasteiger partial charge in [-0.1, -0.05) is 60.2 Å². The summed E-state index contributed by atoms with van der Waals surface area (Å²) in [4.78, 5) is 29.8. The summed E-state index contributed by atoms with van der Waals surface area (Å²) in [6, 6.07) is 29.6. The predicted molar refractivity (Wildman–Crippen MR) is 187 cm³/mol. The van der Waals surface area contributed by atoms with Gasteiger partial charge in [-0.05, 0) is 75.2 Å². The molecular formula is C38H39N3O6S. The van der Waals surface area contributed by atoms with Crippen LogP contribution in [0.15, 0.2) is 106 Å². The summed E-state index contributed by atoms with van der Waals surface area (Å²) in [6.45, 7) is 7.94. The maximum atomic E-state index is 14.6. The smallest absolute Gasteiger partial charge is 0.374 e. The molecule has 0 aliphatic carbocycles. The number of carbonyl (C=O) groups is 2. The second-order valence-corrected chi connectivity index (χ2v) is 13.7. The molecule has 248 valence electrons. The van der Waals surface area contributed by atoms with Gasteiger partial charge in [0.05, 0.1) is 22.9 Å². The lowest BCUT2D eigenvalue weighted by molar-refractivity contribution is 0.0491. The Balaban J connectivity index is 1.33. The number of hydrogen-bond acceptors (Lipinski definition) is 7. The average molecular weight is 666 g/mol. The van der Waals surface area contributed by atoms with E-state index in [0.29, 0.717) is 60.4 Å². The van der Waals surface area contributed by atoms with Crippen LogP contribution < -0.4 is 9.21 Å². The van der Waals surface area contributed by atoms with Crippen molar-refractivity contribution in [3.05, 3.63) is 125 Å². The maximum Gasteiger partial charge on any atom is 0.374 e. The van der Waals surface area contributed by atoms with Crippen LogP contribution in [0.2, 0.25) is 0 Å². The molecule has 9 nitrogen and oxygen atoms in total. The number of rotatable bonds is 10. The molecule has 0 saturated carbocycles. The summed E-state index contributed by atoms with van der Waals surface area (Å²) < 4.78 is 41.7. The SMILES string of the molecule is CCOC(=O)c1oc2ccc(S(=O)(=O)N(CCc3ccccc3)c3ccccc3N3CCN(C(=O)c4cccc(C)c4)CC3)cc2c1C. The number of aryl methyl sites for hydroxylation is 2. The zero-order chi connectivity index (χ0) is 33.8. The van der Waals surface area contributed by atoms with E-state index in [1.165, 1.54) is 10.4 Å². The van der Waals surface area contributed by atoms with Crippen molar-refractivity contribution >= 4 is 44.2 Å². The summed E-state index contributed by atoms with van der Waals surface area (Å²) in [5.74, 6) is -0.530. The molecule has 0 bridgehead atoms. The number of fused-ring (bicyclic) bond motifs is 1. The number of ether oxygens (including phenoxy) is 1. The average Bonchev–Trinajstić information content (AvgIpc) is 3.44. The van der Waals surface area contributed by atoms with Gasteiger partial charge in [0.15, 0.2) is 0 Å². The Hall–Kier alpha value is -5.09. The highest BCUT2D eigenvalue weighted by molar-refractivity contribution is 7.92. The number of nitrogens with zero attached hydrogens (tertiary/aromatic N) is 3. The Morgan fingerprint density at radius 2 is 1.58 bits per heavy atom. The van der Waals surface area contributed by atoms with E-state index >= 15 is 0 Å². The zero-order valence-corrected chi connectivity index (χ0v) is 28.2. The van der Waals surface area contributed by atoms with E-state index in [1.807, 2.05) is 90.7 Å². The van der Waals surface area contributed by atoms with Crippen LogP contribution in [0.3, 0.4) is 0 Å². The van der Waals surface area contributed by atoms with E-state index < -0.39 is 16.0 Å². The lowest BCUT2D eigenvalue weighted by Gasteiger charge is -2.38. The van der Waals surface area contributed by atoms with Gasteiger partial charge in [-0.3, -0.25) is 9.10 Å². The second-order valence-electron chi connectivity index (χ2n) is 11.9. The first-order valence-electron chi connectivity index (χ1n) is 16.1. The molecule has 1 aromatic heterocycles. The Morgan fingerprint density at radius 3 is 2.31 bits per heavy atom. The van der Waals surface area contributed by atoms with Crippen molar-refractivity contribution in [2.24, 2.45) is 0 Å². The minimum Gasteiger partial charge on any atom is -0.460 e. The first kappa shape index (κ1) is 32.8. The molecule has 0 atom stereocenters. The van der Waals surface area contributed by atoms with E-state index in [9.17, 15) is 18.0 Å². The summed E-state index contributed by atoms with van der Waals surface area (Å²) in [5, 5.41) is 0.532. The lowest BCUT2D eigenvalue weighted by Crippen LogP contribution is -2.49. The third-order valence-corrected chi connectivity index (χ3v) is 10.5. The van der Waals surface area contributed by atoms with Crippen molar-refractivity contribution < 1.29 is 27.2 Å². The second kappa shape index (κ2) is 13.9. The fourth-order valence-corrected chi connectivity index (χ4v) is 7.68. The summed E-state index contributed by atoms with van der Waals surface area (Å²) >= 11 is 0. The van der Waals surface area contributed by atoms with Crippen molar-refractivity contribution in [2.45, 2.75) is 32.1 Å². The largest absolute Gasteiger partial charge is 0.460 e. The number of esters is 1. The molecule has 6 rings (SSSR count). The number of benzene rings is 4. The van der Waals surface area contributed by atoms with Crippen LogP contribution >= 0.6 is 0 Å². The molecule has 1 amide bonds. The predicted octanol–water partition coefficient (Wildman–Crippen LogP) is 6.63. The third-order valence-electron chi connectivity index (χ3n) is 8.73. The molecule has 4 aromatic carbocycles. The molecule has 1 fully saturated rings. The van der Waals surface area contributed by atoms with Gasteiger partial charge in [-0.25, -0.2) is 13.2 Å². The van der Waals surface area contributed by atoms with Crippen molar-refractivity contribution in [3.8, 4) is 0 Å². The van der Waals surface area contributed by atoms with E-state index in [4.69, 9.17) is 9.15 Å². The molecule has 1 aliphatic heterocycles. The molecule has 48 heavy (non-hydrogen) atoms. The number of carbonyl (C=O) groups excluding carboxylic acids is 2. The number of sulfonamides is 1. The fourth-order valence-electron chi connectivity index (χ4n) is 6.18.